The van der Waals surface area contributed by atoms with Crippen LogP contribution in [0.2, 0.25) is 0 Å². The Kier molecular flexibility index (Phi) is 4.35. The lowest BCUT2D eigenvalue weighted by molar-refractivity contribution is 0.704. The van der Waals surface area contributed by atoms with Crippen LogP contribution in [-0.2, 0) is 6.54 Å². The lowest BCUT2D eigenvalue weighted by Gasteiger charge is -2.02. The van der Waals surface area contributed by atoms with Crippen molar-refractivity contribution in [3.63, 3.8) is 0 Å². The smallest absolute Gasteiger partial charge is 0.0740 e. The first-order valence-corrected chi connectivity index (χ1v) is 4.58. The van der Waals surface area contributed by atoms with Crippen molar-refractivity contribution in [3.8, 4) is 0 Å². The Balaban J connectivity index is 2.17. The minimum atomic E-state index is 0.554. The molecule has 0 spiro atoms. The molecule has 70 valence electrons. The highest BCUT2D eigenvalue weighted by molar-refractivity contribution is 7.80. The number of hydrogen-bond acceptors (Lipinski definition) is 3. The largest absolute Gasteiger partial charge is 0.393 e. The van der Waals surface area contributed by atoms with Gasteiger partial charge in [-0.15, -0.1) is 0 Å². The Morgan fingerprint density at radius 3 is 3.08 bits per heavy atom. The fourth-order valence-corrected chi connectivity index (χ4v) is 1.05. The van der Waals surface area contributed by atoms with Gasteiger partial charge in [-0.05, 0) is 11.6 Å². The molecule has 1 aromatic rings. The number of nitrogens with zero attached hydrogens (tertiary/aromatic N) is 1. The SMILES string of the molecule is NC(=S)CCNCc1cccnc1. The van der Waals surface area contributed by atoms with E-state index in [2.05, 4.69) is 10.3 Å². The number of hydrogen-bond donors (Lipinski definition) is 2. The lowest BCUT2D eigenvalue weighted by atomic mass is 10.3. The van der Waals surface area contributed by atoms with E-state index >= 15 is 0 Å². The van der Waals surface area contributed by atoms with Gasteiger partial charge in [0.05, 0.1) is 4.99 Å². The van der Waals surface area contributed by atoms with Crippen LogP contribution in [-0.4, -0.2) is 16.5 Å². The van der Waals surface area contributed by atoms with E-state index in [-0.39, 0.29) is 0 Å². The van der Waals surface area contributed by atoms with Gasteiger partial charge in [0.1, 0.15) is 0 Å². The standard InChI is InChI=1S/C9H13N3S/c10-9(13)3-5-12-7-8-2-1-4-11-6-8/h1-2,4,6,12H,3,5,7H2,(H2,10,13). The van der Waals surface area contributed by atoms with E-state index < -0.39 is 0 Å². The monoisotopic (exact) mass is 195 g/mol. The molecule has 0 aromatic carbocycles. The van der Waals surface area contributed by atoms with Crippen molar-refractivity contribution in [1.29, 1.82) is 0 Å². The van der Waals surface area contributed by atoms with E-state index in [1.807, 2.05) is 18.3 Å². The van der Waals surface area contributed by atoms with Gasteiger partial charge in [-0.25, -0.2) is 0 Å². The zero-order valence-electron chi connectivity index (χ0n) is 7.36. The molecule has 1 rings (SSSR count). The highest BCUT2D eigenvalue weighted by atomic mass is 32.1. The first-order valence-electron chi connectivity index (χ1n) is 4.17. The lowest BCUT2D eigenvalue weighted by Crippen LogP contribution is -2.20. The third kappa shape index (κ3) is 4.55. The van der Waals surface area contributed by atoms with Crippen LogP contribution < -0.4 is 11.1 Å². The van der Waals surface area contributed by atoms with E-state index in [9.17, 15) is 0 Å². The Hall–Kier alpha value is -1.00. The molecule has 0 atom stereocenters. The molecule has 4 heteroatoms. The van der Waals surface area contributed by atoms with E-state index in [0.717, 1.165) is 19.5 Å². The molecule has 0 unspecified atom stereocenters. The number of rotatable bonds is 5. The molecule has 0 fully saturated rings. The van der Waals surface area contributed by atoms with Crippen molar-refractivity contribution >= 4 is 17.2 Å². The summed E-state index contributed by atoms with van der Waals surface area (Å²) in [5.41, 5.74) is 6.52. The second kappa shape index (κ2) is 5.61. The average Bonchev–Trinajstić information content (AvgIpc) is 2.14. The van der Waals surface area contributed by atoms with Gasteiger partial charge in [0, 0.05) is 31.9 Å². The molecule has 0 bridgehead atoms. The fourth-order valence-electron chi connectivity index (χ4n) is 0.947. The minimum absolute atomic E-state index is 0.554. The van der Waals surface area contributed by atoms with Crippen molar-refractivity contribution in [2.45, 2.75) is 13.0 Å². The molecular weight excluding hydrogens is 182 g/mol. The van der Waals surface area contributed by atoms with Crippen molar-refractivity contribution in [1.82, 2.24) is 10.3 Å². The molecule has 0 saturated carbocycles. The molecule has 0 aliphatic rings. The van der Waals surface area contributed by atoms with Gasteiger partial charge in [0.2, 0.25) is 0 Å². The zero-order valence-corrected chi connectivity index (χ0v) is 8.18. The predicted molar refractivity (Wildman–Crippen MR) is 57.3 cm³/mol. The highest BCUT2D eigenvalue weighted by Crippen LogP contribution is 1.93. The van der Waals surface area contributed by atoms with Crippen LogP contribution in [0.25, 0.3) is 0 Å². The van der Waals surface area contributed by atoms with Crippen molar-refractivity contribution in [2.75, 3.05) is 6.54 Å². The topological polar surface area (TPSA) is 50.9 Å². The van der Waals surface area contributed by atoms with Gasteiger partial charge in [0.25, 0.3) is 0 Å². The molecule has 0 aliphatic heterocycles. The molecule has 0 amide bonds. The highest BCUT2D eigenvalue weighted by Gasteiger charge is 1.92. The third-order valence-corrected chi connectivity index (χ3v) is 1.80. The molecule has 3 nitrogen and oxygen atoms in total. The summed E-state index contributed by atoms with van der Waals surface area (Å²) in [6.45, 7) is 1.64. The van der Waals surface area contributed by atoms with Crippen LogP contribution >= 0.6 is 12.2 Å². The number of nitrogens with one attached hydrogen (secondary N) is 1. The maximum absolute atomic E-state index is 5.35. The van der Waals surface area contributed by atoms with Crippen LogP contribution in [0.5, 0.6) is 0 Å². The molecule has 1 aromatic heterocycles. The average molecular weight is 195 g/mol. The predicted octanol–water partition coefficient (Wildman–Crippen LogP) is 0.847. The van der Waals surface area contributed by atoms with Gasteiger partial charge < -0.3 is 11.1 Å². The number of thiocarbonyl (C=S) groups is 1. The second-order valence-corrected chi connectivity index (χ2v) is 3.28. The van der Waals surface area contributed by atoms with Crippen LogP contribution in [0.4, 0.5) is 0 Å². The summed E-state index contributed by atoms with van der Waals surface area (Å²) in [6.07, 6.45) is 4.35. The van der Waals surface area contributed by atoms with Gasteiger partial charge in [0.15, 0.2) is 0 Å². The van der Waals surface area contributed by atoms with Crippen LogP contribution in [0.3, 0.4) is 0 Å². The Morgan fingerprint density at radius 1 is 1.62 bits per heavy atom. The Bertz CT molecular complexity index is 261. The molecule has 3 N–H and O–H groups in total. The van der Waals surface area contributed by atoms with Gasteiger partial charge in [-0.2, -0.15) is 0 Å². The van der Waals surface area contributed by atoms with E-state index in [1.54, 1.807) is 6.20 Å². The van der Waals surface area contributed by atoms with E-state index in [0.29, 0.717) is 4.99 Å². The zero-order chi connectivity index (χ0) is 9.52. The van der Waals surface area contributed by atoms with Crippen molar-refractivity contribution < 1.29 is 0 Å². The van der Waals surface area contributed by atoms with Gasteiger partial charge in [-0.3, -0.25) is 4.98 Å². The number of pyridine rings is 1. The van der Waals surface area contributed by atoms with Crippen LogP contribution in [0, 0.1) is 0 Å². The Morgan fingerprint density at radius 2 is 2.46 bits per heavy atom. The maximum atomic E-state index is 5.35. The van der Waals surface area contributed by atoms with Crippen LogP contribution in [0.1, 0.15) is 12.0 Å². The first kappa shape index (κ1) is 10.1. The molecular formula is C9H13N3S. The van der Waals surface area contributed by atoms with Crippen LogP contribution in [0.15, 0.2) is 24.5 Å². The molecule has 0 radical (unpaired) electrons. The van der Waals surface area contributed by atoms with Crippen molar-refractivity contribution in [2.24, 2.45) is 5.73 Å². The third-order valence-electron chi connectivity index (χ3n) is 1.60. The van der Waals surface area contributed by atoms with Gasteiger partial charge >= 0.3 is 0 Å². The molecule has 1 heterocycles. The summed E-state index contributed by atoms with van der Waals surface area (Å²) in [6, 6.07) is 3.95. The summed E-state index contributed by atoms with van der Waals surface area (Å²) in [4.78, 5) is 4.56. The summed E-state index contributed by atoms with van der Waals surface area (Å²) in [5.74, 6) is 0. The fraction of sp³-hybridized carbons (Fsp3) is 0.333. The number of aromatic nitrogens is 1. The summed E-state index contributed by atoms with van der Waals surface area (Å²) < 4.78 is 0. The molecule has 0 saturated heterocycles. The normalized spacial score (nSPS) is 9.85. The van der Waals surface area contributed by atoms with E-state index in [4.69, 9.17) is 18.0 Å². The first-order chi connectivity index (χ1) is 6.29. The number of nitrogens with two attached hydrogens (primary N) is 1. The van der Waals surface area contributed by atoms with E-state index in [1.165, 1.54) is 5.56 Å². The summed E-state index contributed by atoms with van der Waals surface area (Å²) >= 11 is 4.75. The maximum Gasteiger partial charge on any atom is 0.0740 e. The second-order valence-electron chi connectivity index (χ2n) is 2.75. The molecule has 0 aliphatic carbocycles. The van der Waals surface area contributed by atoms with Gasteiger partial charge in [-0.1, -0.05) is 18.3 Å². The summed E-state index contributed by atoms with van der Waals surface area (Å²) in [7, 11) is 0. The summed E-state index contributed by atoms with van der Waals surface area (Å²) in [5, 5.41) is 3.23. The minimum Gasteiger partial charge on any atom is -0.393 e. The molecule has 13 heavy (non-hydrogen) atoms. The Labute approximate surface area is 83.4 Å². The van der Waals surface area contributed by atoms with Crippen molar-refractivity contribution in [3.05, 3.63) is 30.1 Å². The quantitative estimate of drug-likeness (QED) is 0.540.